The molecule has 1 aromatic carbocycles. The van der Waals surface area contributed by atoms with Crippen LogP contribution >= 0.6 is 0 Å². The minimum Gasteiger partial charge on any atom is -0.377 e. The van der Waals surface area contributed by atoms with E-state index < -0.39 is 0 Å². The van der Waals surface area contributed by atoms with Gasteiger partial charge in [0.15, 0.2) is 0 Å². The molecular weight excluding hydrogens is 238 g/mol. The minimum absolute atomic E-state index is 0.686. The fourth-order valence-electron chi connectivity index (χ4n) is 1.89. The Morgan fingerprint density at radius 1 is 1.16 bits per heavy atom. The second-order valence-electron chi connectivity index (χ2n) is 4.34. The zero-order valence-electron chi connectivity index (χ0n) is 10.7. The van der Waals surface area contributed by atoms with Crippen LogP contribution in [-0.2, 0) is 13.6 Å². The van der Waals surface area contributed by atoms with Crippen molar-refractivity contribution in [2.45, 2.75) is 6.54 Å². The molecule has 96 valence electrons. The van der Waals surface area contributed by atoms with E-state index in [1.165, 1.54) is 0 Å². The van der Waals surface area contributed by atoms with Crippen molar-refractivity contribution in [3.8, 4) is 5.69 Å². The summed E-state index contributed by atoms with van der Waals surface area (Å²) >= 11 is 0. The first kappa shape index (κ1) is 11.5. The van der Waals surface area contributed by atoms with Crippen molar-refractivity contribution in [3.05, 3.63) is 60.7 Å². The van der Waals surface area contributed by atoms with E-state index in [2.05, 4.69) is 15.5 Å². The van der Waals surface area contributed by atoms with Crippen LogP contribution in [0.3, 0.4) is 0 Å². The van der Waals surface area contributed by atoms with E-state index in [1.54, 1.807) is 10.9 Å². The number of aromatic nitrogens is 4. The molecule has 3 rings (SSSR count). The number of hydrogen-bond donors (Lipinski definition) is 1. The van der Waals surface area contributed by atoms with Crippen LogP contribution < -0.4 is 5.32 Å². The Morgan fingerprint density at radius 3 is 2.74 bits per heavy atom. The molecule has 0 fully saturated rings. The molecule has 2 aromatic heterocycles. The van der Waals surface area contributed by atoms with Gasteiger partial charge in [0.1, 0.15) is 0 Å². The number of rotatable bonds is 4. The van der Waals surface area contributed by atoms with Gasteiger partial charge in [-0.1, -0.05) is 18.2 Å². The summed E-state index contributed by atoms with van der Waals surface area (Å²) in [7, 11) is 1.90. The maximum Gasteiger partial charge on any atom is 0.0819 e. The molecule has 2 heterocycles. The molecule has 5 nitrogen and oxygen atoms in total. The molecule has 0 saturated heterocycles. The summed E-state index contributed by atoms with van der Waals surface area (Å²) in [4.78, 5) is 0. The van der Waals surface area contributed by atoms with Crippen LogP contribution in [0.2, 0.25) is 0 Å². The maximum atomic E-state index is 4.53. The van der Waals surface area contributed by atoms with Gasteiger partial charge in [0.25, 0.3) is 0 Å². The molecule has 1 N–H and O–H groups in total. The average molecular weight is 253 g/mol. The lowest BCUT2D eigenvalue weighted by atomic mass is 10.3. The molecule has 0 bridgehead atoms. The van der Waals surface area contributed by atoms with Crippen LogP contribution in [0.5, 0.6) is 0 Å². The summed E-state index contributed by atoms with van der Waals surface area (Å²) in [6.45, 7) is 0.686. The van der Waals surface area contributed by atoms with Gasteiger partial charge in [0.2, 0.25) is 0 Å². The fourth-order valence-corrected chi connectivity index (χ4v) is 1.89. The van der Waals surface area contributed by atoms with Crippen molar-refractivity contribution in [1.29, 1.82) is 0 Å². The molecule has 0 aliphatic heterocycles. The van der Waals surface area contributed by atoms with Gasteiger partial charge in [-0.05, 0) is 18.2 Å². The summed E-state index contributed by atoms with van der Waals surface area (Å²) in [6.07, 6.45) is 5.71. The number of benzene rings is 1. The first-order chi connectivity index (χ1) is 9.31. The Balaban J connectivity index is 1.68. The number of nitrogens with zero attached hydrogens (tertiary/aromatic N) is 4. The van der Waals surface area contributed by atoms with Crippen molar-refractivity contribution in [2.24, 2.45) is 7.05 Å². The van der Waals surface area contributed by atoms with E-state index in [4.69, 9.17) is 0 Å². The number of anilines is 1. The molecule has 0 radical (unpaired) electrons. The predicted octanol–water partition coefficient (Wildman–Crippen LogP) is 2.22. The standard InChI is InChI=1S/C14H15N5/c1-18-11-13(10-16-18)15-9-12-7-8-19(17-12)14-5-3-2-4-6-14/h2-8,10-11,15H,9H2,1H3. The summed E-state index contributed by atoms with van der Waals surface area (Å²) < 4.78 is 3.64. The number of nitrogens with one attached hydrogen (secondary N) is 1. The molecule has 0 spiro atoms. The Bertz CT molecular complexity index is 653. The molecule has 0 atom stereocenters. The fraction of sp³-hybridized carbons (Fsp3) is 0.143. The van der Waals surface area contributed by atoms with Crippen LogP contribution in [0, 0.1) is 0 Å². The van der Waals surface area contributed by atoms with E-state index in [0.717, 1.165) is 17.1 Å². The monoisotopic (exact) mass is 253 g/mol. The molecule has 0 aliphatic rings. The summed E-state index contributed by atoms with van der Waals surface area (Å²) in [5, 5.41) is 11.9. The Kier molecular flexibility index (Phi) is 3.02. The van der Waals surface area contributed by atoms with Crippen LogP contribution in [0.4, 0.5) is 5.69 Å². The van der Waals surface area contributed by atoms with Gasteiger partial charge in [-0.2, -0.15) is 10.2 Å². The molecule has 3 aromatic rings. The maximum absolute atomic E-state index is 4.53. The second kappa shape index (κ2) is 4.97. The summed E-state index contributed by atoms with van der Waals surface area (Å²) in [6, 6.07) is 12.1. The molecular formula is C14H15N5. The molecule has 0 unspecified atom stereocenters. The SMILES string of the molecule is Cn1cc(NCc2ccn(-c3ccccc3)n2)cn1. The van der Waals surface area contributed by atoms with Crippen molar-refractivity contribution >= 4 is 5.69 Å². The summed E-state index contributed by atoms with van der Waals surface area (Å²) in [5.74, 6) is 0. The first-order valence-electron chi connectivity index (χ1n) is 6.14. The summed E-state index contributed by atoms with van der Waals surface area (Å²) in [5.41, 5.74) is 3.06. The zero-order chi connectivity index (χ0) is 13.1. The number of aryl methyl sites for hydroxylation is 1. The van der Waals surface area contributed by atoms with Crippen molar-refractivity contribution < 1.29 is 0 Å². The first-order valence-corrected chi connectivity index (χ1v) is 6.14. The third-order valence-corrected chi connectivity index (χ3v) is 2.84. The van der Waals surface area contributed by atoms with E-state index >= 15 is 0 Å². The third kappa shape index (κ3) is 2.65. The lowest BCUT2D eigenvalue weighted by Crippen LogP contribution is -2.01. The third-order valence-electron chi connectivity index (χ3n) is 2.84. The largest absolute Gasteiger partial charge is 0.377 e. The van der Waals surface area contributed by atoms with Crippen LogP contribution in [-0.4, -0.2) is 19.6 Å². The van der Waals surface area contributed by atoms with Crippen molar-refractivity contribution in [3.63, 3.8) is 0 Å². The van der Waals surface area contributed by atoms with Gasteiger partial charge in [0.05, 0.1) is 29.8 Å². The number of hydrogen-bond acceptors (Lipinski definition) is 3. The highest BCUT2D eigenvalue weighted by Gasteiger charge is 2.01. The van der Waals surface area contributed by atoms with E-state index in [9.17, 15) is 0 Å². The van der Waals surface area contributed by atoms with Crippen LogP contribution in [0.1, 0.15) is 5.69 Å². The van der Waals surface area contributed by atoms with E-state index in [-0.39, 0.29) is 0 Å². The minimum atomic E-state index is 0.686. The highest BCUT2D eigenvalue weighted by atomic mass is 15.3. The molecule has 5 heteroatoms. The molecule has 0 amide bonds. The van der Waals surface area contributed by atoms with Gasteiger partial charge in [0, 0.05) is 19.4 Å². The van der Waals surface area contributed by atoms with Crippen LogP contribution in [0.25, 0.3) is 5.69 Å². The van der Waals surface area contributed by atoms with Gasteiger partial charge in [-0.25, -0.2) is 4.68 Å². The average Bonchev–Trinajstić information content (AvgIpc) is 3.06. The lowest BCUT2D eigenvalue weighted by Gasteiger charge is -2.01. The quantitative estimate of drug-likeness (QED) is 0.775. The normalized spacial score (nSPS) is 10.6. The van der Waals surface area contributed by atoms with Crippen molar-refractivity contribution in [2.75, 3.05) is 5.32 Å². The topological polar surface area (TPSA) is 47.7 Å². The van der Waals surface area contributed by atoms with Gasteiger partial charge < -0.3 is 5.32 Å². The highest BCUT2D eigenvalue weighted by Crippen LogP contribution is 2.09. The Morgan fingerprint density at radius 2 is 2.00 bits per heavy atom. The smallest absolute Gasteiger partial charge is 0.0819 e. The Hall–Kier alpha value is -2.56. The lowest BCUT2D eigenvalue weighted by molar-refractivity contribution is 0.768. The van der Waals surface area contributed by atoms with Crippen molar-refractivity contribution in [1.82, 2.24) is 19.6 Å². The number of para-hydroxylation sites is 1. The highest BCUT2D eigenvalue weighted by molar-refractivity contribution is 5.38. The van der Waals surface area contributed by atoms with Gasteiger partial charge >= 0.3 is 0 Å². The van der Waals surface area contributed by atoms with E-state index in [0.29, 0.717) is 6.54 Å². The zero-order valence-corrected chi connectivity index (χ0v) is 10.7. The molecule has 0 aliphatic carbocycles. The van der Waals surface area contributed by atoms with Crippen LogP contribution in [0.15, 0.2) is 55.0 Å². The second-order valence-corrected chi connectivity index (χ2v) is 4.34. The Labute approximate surface area is 111 Å². The van der Waals surface area contributed by atoms with Gasteiger partial charge in [-0.3, -0.25) is 4.68 Å². The van der Waals surface area contributed by atoms with E-state index in [1.807, 2.05) is 60.5 Å². The molecule has 0 saturated carbocycles. The van der Waals surface area contributed by atoms with Gasteiger partial charge in [-0.15, -0.1) is 0 Å². The predicted molar refractivity (Wildman–Crippen MR) is 74.1 cm³/mol. The molecule has 19 heavy (non-hydrogen) atoms.